The van der Waals surface area contributed by atoms with Crippen LogP contribution in [-0.4, -0.2) is 31.1 Å². The van der Waals surface area contributed by atoms with Gasteiger partial charge in [-0.25, -0.2) is 0 Å². The molecule has 0 spiro atoms. The molecule has 0 atom stereocenters. The molecule has 4 rings (SSSR count). The van der Waals surface area contributed by atoms with Crippen molar-refractivity contribution < 1.29 is 9.53 Å². The van der Waals surface area contributed by atoms with E-state index < -0.39 is 0 Å². The molecule has 1 aliphatic heterocycles. The smallest absolute Gasteiger partial charge is 0.269 e. The maximum atomic E-state index is 13.3. The predicted molar refractivity (Wildman–Crippen MR) is 132 cm³/mol. The molecule has 1 aliphatic rings. The van der Waals surface area contributed by atoms with Crippen LogP contribution in [0.25, 0.3) is 11.7 Å². The number of pyridine rings is 1. The summed E-state index contributed by atoms with van der Waals surface area (Å²) in [5.74, 6) is 0.526. The van der Waals surface area contributed by atoms with Gasteiger partial charge in [0.1, 0.15) is 21.3 Å². The van der Waals surface area contributed by atoms with Crippen LogP contribution < -0.4 is 10.3 Å². The first-order chi connectivity index (χ1) is 15.6. The molecule has 0 saturated carbocycles. The van der Waals surface area contributed by atoms with Crippen LogP contribution in [0.3, 0.4) is 0 Å². The van der Waals surface area contributed by atoms with Crippen molar-refractivity contribution in [1.82, 2.24) is 14.3 Å². The van der Waals surface area contributed by atoms with Crippen LogP contribution in [0, 0.1) is 0 Å². The van der Waals surface area contributed by atoms with Gasteiger partial charge >= 0.3 is 0 Å². The summed E-state index contributed by atoms with van der Waals surface area (Å²) < 4.78 is 7.90. The number of para-hydroxylation sites is 1. The first kappa shape index (κ1) is 22.2. The van der Waals surface area contributed by atoms with Gasteiger partial charge < -0.3 is 4.74 Å². The molecule has 32 heavy (non-hydrogen) atoms. The minimum atomic E-state index is -0.310. The lowest BCUT2D eigenvalue weighted by molar-refractivity contribution is -0.122. The Morgan fingerprint density at radius 3 is 2.62 bits per heavy atom. The molecule has 8 heteroatoms. The van der Waals surface area contributed by atoms with E-state index in [2.05, 4.69) is 11.9 Å². The number of unbranched alkanes of at least 4 members (excludes halogenated alkanes) is 3. The number of aromatic nitrogens is 2. The average Bonchev–Trinajstić information content (AvgIpc) is 3.07. The SMILES string of the molecule is CCCCCCN1C(=O)C(=Cc2c(Oc3ccccc3)nc3ccccn3c2=O)SC1=S. The van der Waals surface area contributed by atoms with Crippen molar-refractivity contribution in [3.05, 3.63) is 75.6 Å². The molecule has 3 aromatic rings. The topological polar surface area (TPSA) is 63.9 Å². The Kier molecular flexibility index (Phi) is 7.02. The molecule has 0 N–H and O–H groups in total. The van der Waals surface area contributed by atoms with E-state index in [1.165, 1.54) is 16.2 Å². The molecule has 0 radical (unpaired) electrons. The van der Waals surface area contributed by atoms with E-state index in [0.717, 1.165) is 25.7 Å². The highest BCUT2D eigenvalue weighted by Crippen LogP contribution is 2.34. The predicted octanol–water partition coefficient (Wildman–Crippen LogP) is 5.27. The Morgan fingerprint density at radius 1 is 1.06 bits per heavy atom. The zero-order chi connectivity index (χ0) is 22.5. The summed E-state index contributed by atoms with van der Waals surface area (Å²) in [6, 6.07) is 14.4. The molecular weight excluding hydrogens is 442 g/mol. The van der Waals surface area contributed by atoms with Gasteiger partial charge in [-0.05, 0) is 36.8 Å². The van der Waals surface area contributed by atoms with E-state index in [1.807, 2.05) is 18.2 Å². The van der Waals surface area contributed by atoms with Crippen molar-refractivity contribution in [3.63, 3.8) is 0 Å². The normalized spacial score (nSPS) is 15.2. The van der Waals surface area contributed by atoms with Crippen molar-refractivity contribution in [2.45, 2.75) is 32.6 Å². The zero-order valence-corrected chi connectivity index (χ0v) is 19.3. The van der Waals surface area contributed by atoms with Gasteiger partial charge in [-0.2, -0.15) is 4.98 Å². The minimum absolute atomic E-state index is 0.153. The summed E-state index contributed by atoms with van der Waals surface area (Å²) in [5, 5.41) is 0. The highest BCUT2D eigenvalue weighted by atomic mass is 32.2. The number of rotatable bonds is 8. The van der Waals surface area contributed by atoms with Crippen LogP contribution in [0.5, 0.6) is 11.6 Å². The summed E-state index contributed by atoms with van der Waals surface area (Å²) in [4.78, 5) is 32.8. The number of amides is 1. The van der Waals surface area contributed by atoms with Gasteiger partial charge in [0.2, 0.25) is 5.88 Å². The Hall–Kier alpha value is -2.97. The van der Waals surface area contributed by atoms with E-state index in [-0.39, 0.29) is 22.9 Å². The first-order valence-corrected chi connectivity index (χ1v) is 11.8. The molecule has 1 fully saturated rings. The summed E-state index contributed by atoms with van der Waals surface area (Å²) in [5.41, 5.74) is 0.364. The standard InChI is InChI=1S/C24H23N3O3S2/c1-2-3-4-9-15-27-23(29)19(32-24(27)31)16-18-21(30-17-11-6-5-7-12-17)25-20-13-8-10-14-26(20)22(18)28/h5-8,10-14,16H,2-4,9,15H2,1H3. The second-order valence-electron chi connectivity index (χ2n) is 7.37. The van der Waals surface area contributed by atoms with E-state index in [0.29, 0.717) is 27.2 Å². The van der Waals surface area contributed by atoms with Gasteiger partial charge in [0.15, 0.2) is 0 Å². The number of carbonyl (C=O) groups excluding carboxylic acids is 1. The third kappa shape index (κ3) is 4.76. The summed E-state index contributed by atoms with van der Waals surface area (Å²) in [7, 11) is 0. The monoisotopic (exact) mass is 465 g/mol. The molecule has 0 bridgehead atoms. The van der Waals surface area contributed by atoms with Crippen LogP contribution in [0.1, 0.15) is 38.2 Å². The number of carbonyl (C=O) groups is 1. The van der Waals surface area contributed by atoms with E-state index in [4.69, 9.17) is 17.0 Å². The minimum Gasteiger partial charge on any atom is -0.438 e. The number of benzene rings is 1. The Bertz CT molecular complexity index is 1240. The fraction of sp³-hybridized carbons (Fsp3) is 0.250. The highest BCUT2D eigenvalue weighted by Gasteiger charge is 2.32. The molecule has 2 aromatic heterocycles. The van der Waals surface area contributed by atoms with Gasteiger partial charge in [0, 0.05) is 12.7 Å². The Morgan fingerprint density at radius 2 is 1.84 bits per heavy atom. The lowest BCUT2D eigenvalue weighted by atomic mass is 10.2. The van der Waals surface area contributed by atoms with Crippen molar-refractivity contribution in [2.24, 2.45) is 0 Å². The molecule has 1 amide bonds. The first-order valence-electron chi connectivity index (χ1n) is 10.6. The van der Waals surface area contributed by atoms with Gasteiger partial charge in [0.25, 0.3) is 11.5 Å². The molecule has 1 saturated heterocycles. The molecule has 0 unspecified atom stereocenters. The van der Waals surface area contributed by atoms with Crippen LogP contribution in [0.4, 0.5) is 0 Å². The summed E-state index contributed by atoms with van der Waals surface area (Å²) in [6.45, 7) is 2.73. The Labute approximate surface area is 195 Å². The van der Waals surface area contributed by atoms with Crippen molar-refractivity contribution >= 4 is 45.9 Å². The van der Waals surface area contributed by atoms with Gasteiger partial charge in [-0.3, -0.25) is 18.9 Å². The second kappa shape index (κ2) is 10.1. The number of fused-ring (bicyclic) bond motifs is 1. The molecular formula is C24H23N3O3S2. The molecule has 3 heterocycles. The number of ether oxygens (including phenoxy) is 1. The highest BCUT2D eigenvalue weighted by molar-refractivity contribution is 8.26. The Balaban J connectivity index is 1.71. The van der Waals surface area contributed by atoms with Crippen LogP contribution in [-0.2, 0) is 4.79 Å². The quantitative estimate of drug-likeness (QED) is 0.257. The van der Waals surface area contributed by atoms with Crippen molar-refractivity contribution in [1.29, 1.82) is 0 Å². The van der Waals surface area contributed by atoms with Crippen molar-refractivity contribution in [3.8, 4) is 11.6 Å². The maximum absolute atomic E-state index is 13.3. The second-order valence-corrected chi connectivity index (χ2v) is 9.05. The van der Waals surface area contributed by atoms with Gasteiger partial charge in [-0.15, -0.1) is 0 Å². The van der Waals surface area contributed by atoms with E-state index >= 15 is 0 Å². The molecule has 0 aliphatic carbocycles. The van der Waals surface area contributed by atoms with Crippen LogP contribution >= 0.6 is 24.0 Å². The molecule has 1 aromatic carbocycles. The number of hydrogen-bond donors (Lipinski definition) is 0. The van der Waals surface area contributed by atoms with Crippen LogP contribution in [0.15, 0.2) is 64.4 Å². The number of hydrogen-bond acceptors (Lipinski definition) is 6. The fourth-order valence-corrected chi connectivity index (χ4v) is 4.69. The summed E-state index contributed by atoms with van der Waals surface area (Å²) >= 11 is 6.64. The van der Waals surface area contributed by atoms with Gasteiger partial charge in [-0.1, -0.05) is 74.4 Å². The molecule has 6 nitrogen and oxygen atoms in total. The van der Waals surface area contributed by atoms with Crippen molar-refractivity contribution in [2.75, 3.05) is 6.54 Å². The molecule has 164 valence electrons. The number of thioether (sulfide) groups is 1. The fourth-order valence-electron chi connectivity index (χ4n) is 3.40. The lowest BCUT2D eigenvalue weighted by Crippen LogP contribution is -2.29. The average molecular weight is 466 g/mol. The van der Waals surface area contributed by atoms with Gasteiger partial charge in [0.05, 0.1) is 4.91 Å². The lowest BCUT2D eigenvalue weighted by Gasteiger charge is -2.13. The van der Waals surface area contributed by atoms with Crippen LogP contribution in [0.2, 0.25) is 0 Å². The number of nitrogens with zero attached hydrogens (tertiary/aromatic N) is 3. The number of thiocarbonyl (C=S) groups is 1. The van der Waals surface area contributed by atoms with E-state index in [9.17, 15) is 9.59 Å². The van der Waals surface area contributed by atoms with E-state index in [1.54, 1.807) is 47.5 Å². The third-order valence-electron chi connectivity index (χ3n) is 5.08. The third-order valence-corrected chi connectivity index (χ3v) is 6.45. The maximum Gasteiger partial charge on any atom is 0.269 e. The largest absolute Gasteiger partial charge is 0.438 e. The summed E-state index contributed by atoms with van der Waals surface area (Å²) in [6.07, 6.45) is 7.41. The zero-order valence-electron chi connectivity index (χ0n) is 17.7.